The first-order chi connectivity index (χ1) is 5.26. The summed E-state index contributed by atoms with van der Waals surface area (Å²) in [6.07, 6.45) is 0. The number of likely N-dealkylation sites (tertiary alicyclic amines) is 1. The zero-order valence-electron chi connectivity index (χ0n) is 9.52. The summed E-state index contributed by atoms with van der Waals surface area (Å²) in [7, 11) is 2.38. The molecule has 0 saturated carbocycles. The lowest BCUT2D eigenvalue weighted by molar-refractivity contribution is -0.977. The van der Waals surface area contributed by atoms with E-state index < -0.39 is 0 Å². The average Bonchev–Trinajstić information content (AvgIpc) is 1.77. The number of hydrogen-bond acceptors (Lipinski definition) is 0. The van der Waals surface area contributed by atoms with E-state index in [4.69, 9.17) is 0 Å². The van der Waals surface area contributed by atoms with Gasteiger partial charge in [-0.15, -0.1) is 0 Å². The second-order valence-corrected chi connectivity index (χ2v) is 6.00. The minimum Gasteiger partial charge on any atom is -0.323 e. The number of rotatable bonds is 1. The molecular formula is C11H24N+. The Morgan fingerprint density at radius 2 is 1.58 bits per heavy atom. The number of nitrogens with zero attached hydrogens (tertiary/aromatic N) is 1. The second-order valence-electron chi connectivity index (χ2n) is 6.00. The van der Waals surface area contributed by atoms with Gasteiger partial charge in [-0.3, -0.25) is 0 Å². The van der Waals surface area contributed by atoms with Crippen LogP contribution in [0.1, 0.15) is 34.6 Å². The van der Waals surface area contributed by atoms with E-state index in [0.717, 1.165) is 12.0 Å². The van der Waals surface area contributed by atoms with Crippen LogP contribution in [-0.4, -0.2) is 30.7 Å². The van der Waals surface area contributed by atoms with Crippen LogP contribution in [-0.2, 0) is 0 Å². The highest BCUT2D eigenvalue weighted by molar-refractivity contribution is 4.80. The average molecular weight is 170 g/mol. The van der Waals surface area contributed by atoms with E-state index in [-0.39, 0.29) is 0 Å². The standard InChI is InChI=1S/C11H24N/c1-9(2)12(6)7-10(8-12)11(3,4)5/h9-10H,7-8H2,1-6H3/q+1. The molecule has 12 heavy (non-hydrogen) atoms. The Labute approximate surface area is 77.4 Å². The highest BCUT2D eigenvalue weighted by Crippen LogP contribution is 2.38. The van der Waals surface area contributed by atoms with Crippen molar-refractivity contribution in [1.82, 2.24) is 0 Å². The fourth-order valence-corrected chi connectivity index (χ4v) is 1.92. The van der Waals surface area contributed by atoms with Gasteiger partial charge in [-0.1, -0.05) is 20.8 Å². The van der Waals surface area contributed by atoms with Crippen molar-refractivity contribution in [3.63, 3.8) is 0 Å². The smallest absolute Gasteiger partial charge is 0.0874 e. The van der Waals surface area contributed by atoms with Gasteiger partial charge in [0.25, 0.3) is 0 Å². The van der Waals surface area contributed by atoms with Crippen molar-refractivity contribution in [3.8, 4) is 0 Å². The van der Waals surface area contributed by atoms with E-state index in [9.17, 15) is 0 Å². The summed E-state index contributed by atoms with van der Waals surface area (Å²) in [5.74, 6) is 0.935. The van der Waals surface area contributed by atoms with Crippen LogP contribution in [0.2, 0.25) is 0 Å². The second kappa shape index (κ2) is 2.73. The van der Waals surface area contributed by atoms with Gasteiger partial charge < -0.3 is 4.48 Å². The third-order valence-corrected chi connectivity index (χ3v) is 3.75. The molecule has 0 amide bonds. The molecule has 0 aromatic carbocycles. The summed E-state index contributed by atoms with van der Waals surface area (Å²) in [5.41, 5.74) is 0.520. The van der Waals surface area contributed by atoms with E-state index in [2.05, 4.69) is 41.7 Å². The molecular weight excluding hydrogens is 146 g/mol. The summed E-state index contributed by atoms with van der Waals surface area (Å²) >= 11 is 0. The molecule has 0 unspecified atom stereocenters. The van der Waals surface area contributed by atoms with Gasteiger partial charge >= 0.3 is 0 Å². The summed E-state index contributed by atoms with van der Waals surface area (Å²) in [5, 5.41) is 0. The normalized spacial score (nSPS) is 36.8. The highest BCUT2D eigenvalue weighted by Gasteiger charge is 2.47. The topological polar surface area (TPSA) is 0 Å². The van der Waals surface area contributed by atoms with E-state index in [1.165, 1.54) is 17.6 Å². The molecule has 1 heterocycles. The maximum absolute atomic E-state index is 2.38. The minimum absolute atomic E-state index is 0.520. The predicted molar refractivity (Wildman–Crippen MR) is 54.0 cm³/mol. The first-order valence-corrected chi connectivity index (χ1v) is 5.10. The Balaban J connectivity index is 2.47. The molecule has 0 atom stereocenters. The highest BCUT2D eigenvalue weighted by atomic mass is 15.4. The molecule has 1 aliphatic rings. The van der Waals surface area contributed by atoms with Crippen molar-refractivity contribution in [2.45, 2.75) is 40.7 Å². The molecule has 1 saturated heterocycles. The molecule has 1 nitrogen and oxygen atoms in total. The quantitative estimate of drug-likeness (QED) is 0.530. The molecule has 0 bridgehead atoms. The molecule has 1 heteroatoms. The lowest BCUT2D eigenvalue weighted by Gasteiger charge is -2.54. The summed E-state index contributed by atoms with van der Waals surface area (Å²) in [6, 6.07) is 0.795. The lowest BCUT2D eigenvalue weighted by Crippen LogP contribution is -2.66. The Morgan fingerprint density at radius 1 is 1.17 bits per heavy atom. The fourth-order valence-electron chi connectivity index (χ4n) is 1.92. The third kappa shape index (κ3) is 1.66. The minimum atomic E-state index is 0.520. The van der Waals surface area contributed by atoms with Crippen molar-refractivity contribution in [2.75, 3.05) is 20.1 Å². The monoisotopic (exact) mass is 170 g/mol. The first kappa shape index (κ1) is 10.0. The largest absolute Gasteiger partial charge is 0.323 e. The fraction of sp³-hybridized carbons (Fsp3) is 1.00. The van der Waals surface area contributed by atoms with Gasteiger partial charge in [-0.05, 0) is 19.3 Å². The van der Waals surface area contributed by atoms with Gasteiger partial charge in [-0.25, -0.2) is 0 Å². The van der Waals surface area contributed by atoms with Crippen LogP contribution < -0.4 is 0 Å². The predicted octanol–water partition coefficient (Wildman–Crippen LogP) is 2.52. The maximum Gasteiger partial charge on any atom is 0.0874 e. The molecule has 1 aliphatic heterocycles. The van der Waals surface area contributed by atoms with Gasteiger partial charge in [0, 0.05) is 0 Å². The van der Waals surface area contributed by atoms with Gasteiger partial charge in [-0.2, -0.15) is 0 Å². The molecule has 0 radical (unpaired) electrons. The van der Waals surface area contributed by atoms with E-state index in [0.29, 0.717) is 5.41 Å². The van der Waals surface area contributed by atoms with E-state index in [1.54, 1.807) is 0 Å². The van der Waals surface area contributed by atoms with Crippen molar-refractivity contribution >= 4 is 0 Å². The lowest BCUT2D eigenvalue weighted by atomic mass is 9.74. The summed E-state index contributed by atoms with van der Waals surface area (Å²) in [6.45, 7) is 14.5. The van der Waals surface area contributed by atoms with Crippen molar-refractivity contribution in [1.29, 1.82) is 0 Å². The molecule has 72 valence electrons. The zero-order valence-corrected chi connectivity index (χ0v) is 9.52. The van der Waals surface area contributed by atoms with Crippen LogP contribution in [0.4, 0.5) is 0 Å². The summed E-state index contributed by atoms with van der Waals surface area (Å²) in [4.78, 5) is 0. The zero-order chi connectivity index (χ0) is 9.57. The Morgan fingerprint density at radius 3 is 1.83 bits per heavy atom. The van der Waals surface area contributed by atoms with Gasteiger partial charge in [0.05, 0.1) is 32.1 Å². The van der Waals surface area contributed by atoms with Crippen molar-refractivity contribution in [2.24, 2.45) is 11.3 Å². The van der Waals surface area contributed by atoms with Crippen LogP contribution in [0.15, 0.2) is 0 Å². The Kier molecular flexibility index (Phi) is 2.28. The number of hydrogen-bond donors (Lipinski definition) is 0. The molecule has 0 aromatic heterocycles. The Hall–Kier alpha value is -0.0400. The summed E-state index contributed by atoms with van der Waals surface area (Å²) < 4.78 is 1.28. The van der Waals surface area contributed by atoms with E-state index in [1.807, 2.05) is 0 Å². The van der Waals surface area contributed by atoms with Crippen LogP contribution in [0.25, 0.3) is 0 Å². The van der Waals surface area contributed by atoms with Gasteiger partial charge in [0.15, 0.2) is 0 Å². The molecule has 0 aliphatic carbocycles. The van der Waals surface area contributed by atoms with Gasteiger partial charge in [0.1, 0.15) is 0 Å². The Bertz CT molecular complexity index is 158. The third-order valence-electron chi connectivity index (χ3n) is 3.75. The van der Waals surface area contributed by atoms with Crippen molar-refractivity contribution < 1.29 is 4.48 Å². The first-order valence-electron chi connectivity index (χ1n) is 5.10. The number of quaternary nitrogens is 1. The van der Waals surface area contributed by atoms with Crippen LogP contribution in [0.5, 0.6) is 0 Å². The maximum atomic E-state index is 2.38. The SMILES string of the molecule is CC(C)[N+]1(C)CC(C(C)(C)C)C1. The van der Waals surface area contributed by atoms with Crippen LogP contribution in [0, 0.1) is 11.3 Å². The van der Waals surface area contributed by atoms with Gasteiger partial charge in [0.2, 0.25) is 0 Å². The van der Waals surface area contributed by atoms with Crippen LogP contribution >= 0.6 is 0 Å². The van der Waals surface area contributed by atoms with E-state index >= 15 is 0 Å². The van der Waals surface area contributed by atoms with Crippen LogP contribution in [0.3, 0.4) is 0 Å². The molecule has 1 rings (SSSR count). The molecule has 0 N–H and O–H groups in total. The molecule has 0 aromatic rings. The van der Waals surface area contributed by atoms with Crippen molar-refractivity contribution in [3.05, 3.63) is 0 Å². The molecule has 0 spiro atoms. The molecule has 1 fully saturated rings.